The van der Waals surface area contributed by atoms with E-state index in [1.807, 2.05) is 56.3 Å². The summed E-state index contributed by atoms with van der Waals surface area (Å²) in [6.45, 7) is 3.82. The van der Waals surface area contributed by atoms with Crippen molar-refractivity contribution in [3.63, 3.8) is 0 Å². The van der Waals surface area contributed by atoms with E-state index in [-0.39, 0.29) is 11.7 Å². The van der Waals surface area contributed by atoms with Crippen LogP contribution in [0.3, 0.4) is 0 Å². The molecule has 0 unspecified atom stereocenters. The molecule has 0 saturated heterocycles. The highest BCUT2D eigenvalue weighted by molar-refractivity contribution is 7.80. The van der Waals surface area contributed by atoms with E-state index in [1.165, 1.54) is 0 Å². The predicted octanol–water partition coefficient (Wildman–Crippen LogP) is 4.57. The van der Waals surface area contributed by atoms with Crippen molar-refractivity contribution < 1.29 is 9.21 Å². The van der Waals surface area contributed by atoms with Gasteiger partial charge in [0.1, 0.15) is 11.6 Å². The SMILES string of the molecule is Cc1ccnc(NC(=O)c2oc3c(c2C)/C(=N/NC(=S)Nc2ccccc2)CCC3)c1. The summed E-state index contributed by atoms with van der Waals surface area (Å²) in [7, 11) is 0. The Balaban J connectivity index is 1.51. The molecule has 0 radical (unpaired) electrons. The van der Waals surface area contributed by atoms with Crippen LogP contribution in [0.2, 0.25) is 0 Å². The number of nitrogens with zero attached hydrogens (tertiary/aromatic N) is 2. The van der Waals surface area contributed by atoms with Crippen molar-refractivity contribution in [3.05, 3.63) is 76.9 Å². The summed E-state index contributed by atoms with van der Waals surface area (Å²) in [6.07, 6.45) is 4.08. The van der Waals surface area contributed by atoms with Crippen LogP contribution in [-0.2, 0) is 6.42 Å². The molecule has 3 aromatic rings. The summed E-state index contributed by atoms with van der Waals surface area (Å²) >= 11 is 5.34. The van der Waals surface area contributed by atoms with E-state index >= 15 is 0 Å². The van der Waals surface area contributed by atoms with E-state index in [9.17, 15) is 4.79 Å². The summed E-state index contributed by atoms with van der Waals surface area (Å²) in [6, 6.07) is 13.3. The number of fused-ring (bicyclic) bond motifs is 1. The number of anilines is 2. The Bertz CT molecular complexity index is 1150. The average Bonchev–Trinajstić information content (AvgIpc) is 3.10. The van der Waals surface area contributed by atoms with Crippen molar-refractivity contribution in [2.24, 2.45) is 5.10 Å². The van der Waals surface area contributed by atoms with Gasteiger partial charge in [0, 0.05) is 29.4 Å². The van der Waals surface area contributed by atoms with Gasteiger partial charge in [0.2, 0.25) is 0 Å². The lowest BCUT2D eigenvalue weighted by molar-refractivity contribution is 0.0993. The lowest BCUT2D eigenvalue weighted by Gasteiger charge is -2.14. The number of hydrogen-bond donors (Lipinski definition) is 3. The van der Waals surface area contributed by atoms with Gasteiger partial charge in [0.25, 0.3) is 5.91 Å². The van der Waals surface area contributed by atoms with Crippen LogP contribution in [0, 0.1) is 13.8 Å². The van der Waals surface area contributed by atoms with Gasteiger partial charge < -0.3 is 15.1 Å². The molecular formula is C23H23N5O2S. The molecule has 2 heterocycles. The van der Waals surface area contributed by atoms with E-state index in [0.29, 0.717) is 10.9 Å². The third kappa shape index (κ3) is 4.80. The van der Waals surface area contributed by atoms with Crippen molar-refractivity contribution >= 4 is 40.5 Å². The molecule has 0 atom stereocenters. The van der Waals surface area contributed by atoms with Gasteiger partial charge in [0.15, 0.2) is 10.9 Å². The number of nitrogens with one attached hydrogen (secondary N) is 3. The number of rotatable bonds is 4. The van der Waals surface area contributed by atoms with Gasteiger partial charge in [-0.3, -0.25) is 10.2 Å². The van der Waals surface area contributed by atoms with Gasteiger partial charge in [-0.05, 0) is 68.7 Å². The number of furan rings is 1. The quantitative estimate of drug-likeness (QED) is 0.412. The molecule has 0 bridgehead atoms. The molecule has 0 fully saturated rings. The molecule has 1 amide bonds. The Kier molecular flexibility index (Phi) is 6.08. The normalized spacial score (nSPS) is 14.1. The molecular weight excluding hydrogens is 410 g/mol. The number of carbonyl (C=O) groups is 1. The van der Waals surface area contributed by atoms with Crippen LogP contribution >= 0.6 is 12.2 Å². The summed E-state index contributed by atoms with van der Waals surface area (Å²) < 4.78 is 5.94. The molecule has 4 rings (SSSR count). The second-order valence-corrected chi connectivity index (χ2v) is 7.78. The Labute approximate surface area is 186 Å². The Morgan fingerprint density at radius 3 is 2.71 bits per heavy atom. The standard InChI is InChI=1S/C23H23N5O2S/c1-14-11-12-24-19(13-14)26-22(29)21-15(2)20-17(9-6-10-18(20)30-21)27-28-23(31)25-16-7-4-3-5-8-16/h3-5,7-8,11-13H,6,9-10H2,1-2H3,(H,24,26,29)(H2,25,28,31)/b27-17+. The minimum absolute atomic E-state index is 0.285. The fourth-order valence-electron chi connectivity index (χ4n) is 3.57. The molecule has 0 aliphatic heterocycles. The third-order valence-electron chi connectivity index (χ3n) is 5.01. The average molecular weight is 434 g/mol. The van der Waals surface area contributed by atoms with E-state index in [2.05, 4.69) is 26.1 Å². The van der Waals surface area contributed by atoms with Crippen molar-refractivity contribution in [3.8, 4) is 0 Å². The highest BCUT2D eigenvalue weighted by atomic mass is 32.1. The number of pyridine rings is 1. The molecule has 1 aliphatic rings. The van der Waals surface area contributed by atoms with Crippen molar-refractivity contribution in [2.45, 2.75) is 33.1 Å². The number of carbonyl (C=O) groups excluding carboxylic acids is 1. The number of hydrogen-bond acceptors (Lipinski definition) is 5. The third-order valence-corrected chi connectivity index (χ3v) is 5.21. The Hall–Kier alpha value is -3.52. The predicted molar refractivity (Wildman–Crippen MR) is 126 cm³/mol. The first-order chi connectivity index (χ1) is 15.0. The van der Waals surface area contributed by atoms with Gasteiger partial charge in [0.05, 0.1) is 5.71 Å². The molecule has 7 nitrogen and oxygen atoms in total. The minimum atomic E-state index is -0.321. The van der Waals surface area contributed by atoms with Crippen LogP contribution < -0.4 is 16.1 Å². The van der Waals surface area contributed by atoms with Gasteiger partial charge >= 0.3 is 0 Å². The van der Waals surface area contributed by atoms with E-state index < -0.39 is 0 Å². The molecule has 0 saturated carbocycles. The monoisotopic (exact) mass is 433 g/mol. The molecule has 2 aromatic heterocycles. The zero-order valence-electron chi connectivity index (χ0n) is 17.4. The van der Waals surface area contributed by atoms with E-state index in [4.69, 9.17) is 16.6 Å². The maximum Gasteiger partial charge on any atom is 0.292 e. The van der Waals surface area contributed by atoms with Crippen LogP contribution in [0.1, 0.15) is 45.8 Å². The lowest BCUT2D eigenvalue weighted by atomic mass is 9.93. The molecule has 1 aliphatic carbocycles. The Morgan fingerprint density at radius 1 is 1.13 bits per heavy atom. The number of amides is 1. The van der Waals surface area contributed by atoms with Gasteiger partial charge in [-0.2, -0.15) is 5.10 Å². The smallest absolute Gasteiger partial charge is 0.292 e. The highest BCUT2D eigenvalue weighted by Gasteiger charge is 2.28. The molecule has 0 spiro atoms. The maximum atomic E-state index is 12.8. The van der Waals surface area contributed by atoms with Crippen molar-refractivity contribution in [2.75, 3.05) is 10.6 Å². The first-order valence-corrected chi connectivity index (χ1v) is 10.5. The largest absolute Gasteiger partial charge is 0.455 e. The van der Waals surface area contributed by atoms with Crippen molar-refractivity contribution in [1.29, 1.82) is 0 Å². The second kappa shape index (κ2) is 9.09. The van der Waals surface area contributed by atoms with E-state index in [1.54, 1.807) is 6.20 Å². The first kappa shape index (κ1) is 20.7. The zero-order valence-corrected chi connectivity index (χ0v) is 18.2. The number of hydrazone groups is 1. The zero-order chi connectivity index (χ0) is 21.8. The fraction of sp³-hybridized carbons (Fsp3) is 0.217. The maximum absolute atomic E-state index is 12.8. The van der Waals surface area contributed by atoms with Crippen LogP contribution in [0.4, 0.5) is 11.5 Å². The molecule has 31 heavy (non-hydrogen) atoms. The lowest BCUT2D eigenvalue weighted by Crippen LogP contribution is -2.26. The summed E-state index contributed by atoms with van der Waals surface area (Å²) in [5.74, 6) is 1.23. The van der Waals surface area contributed by atoms with Crippen molar-refractivity contribution in [1.82, 2.24) is 10.4 Å². The minimum Gasteiger partial charge on any atom is -0.455 e. The topological polar surface area (TPSA) is 91.6 Å². The molecule has 158 valence electrons. The first-order valence-electron chi connectivity index (χ1n) is 10.1. The van der Waals surface area contributed by atoms with Gasteiger partial charge in [-0.1, -0.05) is 18.2 Å². The van der Waals surface area contributed by atoms with Crippen LogP contribution in [0.25, 0.3) is 0 Å². The van der Waals surface area contributed by atoms with E-state index in [0.717, 1.165) is 53.1 Å². The van der Waals surface area contributed by atoms with Crippen LogP contribution in [0.15, 0.2) is 58.2 Å². The fourth-order valence-corrected chi connectivity index (χ4v) is 3.74. The number of aryl methyl sites for hydroxylation is 2. The number of benzene rings is 1. The van der Waals surface area contributed by atoms with Crippen LogP contribution in [-0.4, -0.2) is 21.7 Å². The molecule has 3 N–H and O–H groups in total. The highest BCUT2D eigenvalue weighted by Crippen LogP contribution is 2.30. The second-order valence-electron chi connectivity index (χ2n) is 7.37. The molecule has 8 heteroatoms. The van der Waals surface area contributed by atoms with Gasteiger partial charge in [-0.15, -0.1) is 0 Å². The Morgan fingerprint density at radius 2 is 1.94 bits per heavy atom. The number of thiocarbonyl (C=S) groups is 1. The number of aromatic nitrogens is 1. The molecule has 1 aromatic carbocycles. The van der Waals surface area contributed by atoms with Gasteiger partial charge in [-0.25, -0.2) is 4.98 Å². The number of para-hydroxylation sites is 1. The summed E-state index contributed by atoms with van der Waals surface area (Å²) in [5.41, 5.74) is 7.28. The summed E-state index contributed by atoms with van der Waals surface area (Å²) in [5, 5.41) is 10.8. The summed E-state index contributed by atoms with van der Waals surface area (Å²) in [4.78, 5) is 17.0. The van der Waals surface area contributed by atoms with Crippen LogP contribution in [0.5, 0.6) is 0 Å².